The fourth-order valence-electron chi connectivity index (χ4n) is 0.571. The molecule has 0 aliphatic carbocycles. The average molecular weight is 156 g/mol. The lowest BCUT2D eigenvalue weighted by atomic mass is 10.3. The van der Waals surface area contributed by atoms with Crippen LogP contribution in [0, 0.1) is 0 Å². The van der Waals surface area contributed by atoms with Crippen LogP contribution < -0.4 is 0 Å². The van der Waals surface area contributed by atoms with Gasteiger partial charge in [0.05, 0.1) is 6.61 Å². The highest BCUT2D eigenvalue weighted by Crippen LogP contribution is 2.14. The highest BCUT2D eigenvalue weighted by Gasteiger charge is 2.17. The van der Waals surface area contributed by atoms with Crippen LogP contribution in [0.3, 0.4) is 0 Å². The maximum Gasteiger partial charge on any atom is 0.347 e. The van der Waals surface area contributed by atoms with Crippen LogP contribution in [-0.2, 0) is 9.84 Å². The van der Waals surface area contributed by atoms with Gasteiger partial charge in [-0.2, -0.15) is 0 Å². The summed E-state index contributed by atoms with van der Waals surface area (Å²) < 4.78 is 8.78. The Kier molecular flexibility index (Phi) is 2.10. The van der Waals surface area contributed by atoms with Gasteiger partial charge < -0.3 is 9.26 Å². The summed E-state index contributed by atoms with van der Waals surface area (Å²) in [5, 5.41) is 13.6. The van der Waals surface area contributed by atoms with Crippen LogP contribution in [-0.4, -0.2) is 17.7 Å². The number of aromatic nitrogens is 1. The molecule has 0 amide bonds. The summed E-state index contributed by atoms with van der Waals surface area (Å²) in [6.45, 7) is 1.87. The summed E-state index contributed by atoms with van der Waals surface area (Å²) >= 11 is 0. The fraction of sp³-hybridized carbons (Fsp3) is 0.333. The molecule has 0 spiro atoms. The first kappa shape index (κ1) is 7.59. The summed E-state index contributed by atoms with van der Waals surface area (Å²) in [4.78, 5) is 10.8. The van der Waals surface area contributed by atoms with Gasteiger partial charge in [-0.25, -0.2) is 4.79 Å². The standard InChI is InChI=1S/C6H6NO4/c1-2-10-6(9)4-3-11-7-5(4)8/h3H,2H2,1H3. The van der Waals surface area contributed by atoms with Gasteiger partial charge in [0.1, 0.15) is 6.26 Å². The van der Waals surface area contributed by atoms with Gasteiger partial charge in [-0.05, 0) is 12.1 Å². The fourth-order valence-corrected chi connectivity index (χ4v) is 0.571. The molecule has 0 unspecified atom stereocenters. The zero-order valence-electron chi connectivity index (χ0n) is 5.86. The number of carbonyl (C=O) groups excluding carboxylic acids is 1. The molecule has 0 bridgehead atoms. The van der Waals surface area contributed by atoms with E-state index in [0.29, 0.717) is 0 Å². The molecule has 0 saturated heterocycles. The molecule has 0 aromatic carbocycles. The maximum absolute atomic E-state index is 10.8. The van der Waals surface area contributed by atoms with Gasteiger partial charge in [-0.3, -0.25) is 5.11 Å². The Morgan fingerprint density at radius 1 is 1.82 bits per heavy atom. The van der Waals surface area contributed by atoms with Crippen molar-refractivity contribution in [1.29, 1.82) is 0 Å². The lowest BCUT2D eigenvalue weighted by Crippen LogP contribution is -2.02. The van der Waals surface area contributed by atoms with Crippen molar-refractivity contribution in [1.82, 2.24) is 5.16 Å². The van der Waals surface area contributed by atoms with Gasteiger partial charge in [0, 0.05) is 0 Å². The molecule has 1 radical (unpaired) electrons. The van der Waals surface area contributed by atoms with Crippen molar-refractivity contribution in [3.8, 4) is 5.88 Å². The number of carbonyl (C=O) groups is 1. The minimum Gasteiger partial charge on any atom is -0.462 e. The third kappa shape index (κ3) is 1.49. The van der Waals surface area contributed by atoms with Crippen LogP contribution in [0.15, 0.2) is 10.8 Å². The summed E-state index contributed by atoms with van der Waals surface area (Å²) in [6, 6.07) is 0. The first-order chi connectivity index (χ1) is 5.25. The monoisotopic (exact) mass is 156 g/mol. The quantitative estimate of drug-likeness (QED) is 0.598. The van der Waals surface area contributed by atoms with Gasteiger partial charge >= 0.3 is 11.8 Å². The Morgan fingerprint density at radius 2 is 2.55 bits per heavy atom. The van der Waals surface area contributed by atoms with E-state index in [1.807, 2.05) is 0 Å². The van der Waals surface area contributed by atoms with Crippen LogP contribution in [0.5, 0.6) is 5.88 Å². The number of hydrogen-bond acceptors (Lipinski definition) is 4. The Morgan fingerprint density at radius 3 is 3.00 bits per heavy atom. The summed E-state index contributed by atoms with van der Waals surface area (Å²) in [5.41, 5.74) is -0.160. The number of hydrogen-bond donors (Lipinski definition) is 0. The van der Waals surface area contributed by atoms with E-state index in [1.54, 1.807) is 6.92 Å². The summed E-state index contributed by atoms with van der Waals surface area (Å²) in [5.74, 6) is -1.39. The lowest BCUT2D eigenvalue weighted by molar-refractivity contribution is 0.0521. The maximum atomic E-state index is 10.8. The van der Waals surface area contributed by atoms with Gasteiger partial charge in [0.15, 0.2) is 5.56 Å². The molecule has 0 aliphatic rings. The summed E-state index contributed by atoms with van der Waals surface area (Å²) in [6.07, 6.45) is 0.973. The predicted octanol–water partition coefficient (Wildman–Crippen LogP) is 0.995. The van der Waals surface area contributed by atoms with Gasteiger partial charge in [0.25, 0.3) is 0 Å². The third-order valence-corrected chi connectivity index (χ3v) is 1.03. The van der Waals surface area contributed by atoms with E-state index < -0.39 is 11.8 Å². The van der Waals surface area contributed by atoms with E-state index >= 15 is 0 Å². The van der Waals surface area contributed by atoms with Crippen LogP contribution in [0.25, 0.3) is 0 Å². The molecule has 1 aromatic rings. The molecular formula is C6H6NO4. The average Bonchev–Trinajstić information content (AvgIpc) is 2.36. The van der Waals surface area contributed by atoms with Gasteiger partial charge in [0.2, 0.25) is 0 Å². The minimum atomic E-state index is -0.696. The number of rotatable bonds is 2. The van der Waals surface area contributed by atoms with Crippen molar-refractivity contribution in [3.63, 3.8) is 0 Å². The van der Waals surface area contributed by atoms with E-state index in [-0.39, 0.29) is 12.2 Å². The Labute approximate surface area is 62.6 Å². The van der Waals surface area contributed by atoms with E-state index in [9.17, 15) is 9.90 Å². The van der Waals surface area contributed by atoms with Crippen LogP contribution in [0.1, 0.15) is 17.3 Å². The van der Waals surface area contributed by atoms with Crippen molar-refractivity contribution >= 4 is 5.97 Å². The zero-order valence-corrected chi connectivity index (χ0v) is 5.86. The highest BCUT2D eigenvalue weighted by molar-refractivity contribution is 5.91. The Balaban J connectivity index is 2.76. The zero-order chi connectivity index (χ0) is 8.27. The first-order valence-electron chi connectivity index (χ1n) is 3.04. The SMILES string of the molecule is CCOC(=O)c1conc1[O]. The van der Waals surface area contributed by atoms with Crippen LogP contribution in [0.4, 0.5) is 0 Å². The lowest BCUT2D eigenvalue weighted by Gasteiger charge is -1.94. The molecule has 0 atom stereocenters. The second-order valence-corrected chi connectivity index (χ2v) is 1.75. The molecule has 5 heteroatoms. The van der Waals surface area contributed by atoms with Crippen LogP contribution >= 0.6 is 0 Å². The van der Waals surface area contributed by atoms with Crippen molar-refractivity contribution in [2.75, 3.05) is 6.61 Å². The van der Waals surface area contributed by atoms with Crippen LogP contribution in [0.2, 0.25) is 0 Å². The molecule has 11 heavy (non-hydrogen) atoms. The first-order valence-corrected chi connectivity index (χ1v) is 3.04. The molecule has 5 nitrogen and oxygen atoms in total. The second-order valence-electron chi connectivity index (χ2n) is 1.75. The molecule has 1 aromatic heterocycles. The molecule has 1 heterocycles. The van der Waals surface area contributed by atoms with E-state index in [2.05, 4.69) is 14.4 Å². The normalized spacial score (nSPS) is 9.55. The largest absolute Gasteiger partial charge is 0.462 e. The topological polar surface area (TPSA) is 72.2 Å². The van der Waals surface area contributed by atoms with E-state index in [1.165, 1.54) is 0 Å². The molecule has 59 valence electrons. The highest BCUT2D eigenvalue weighted by atomic mass is 16.5. The number of ether oxygens (including phenoxy) is 1. The van der Waals surface area contributed by atoms with Crippen molar-refractivity contribution < 1.29 is 19.2 Å². The van der Waals surface area contributed by atoms with Gasteiger partial charge in [-0.15, -0.1) is 0 Å². The van der Waals surface area contributed by atoms with Crippen molar-refractivity contribution in [2.24, 2.45) is 0 Å². The summed E-state index contributed by atoms with van der Waals surface area (Å²) in [7, 11) is 0. The van der Waals surface area contributed by atoms with Crippen molar-refractivity contribution in [3.05, 3.63) is 11.8 Å². The smallest absolute Gasteiger partial charge is 0.347 e. The molecule has 0 saturated carbocycles. The number of nitrogens with zero attached hydrogens (tertiary/aromatic N) is 1. The van der Waals surface area contributed by atoms with E-state index in [4.69, 9.17) is 0 Å². The predicted molar refractivity (Wildman–Crippen MR) is 32.6 cm³/mol. The molecule has 0 fully saturated rings. The Hall–Kier alpha value is -1.52. The Bertz CT molecular complexity index is 255. The molecule has 0 N–H and O–H groups in total. The number of esters is 1. The molecule has 1 rings (SSSR count). The van der Waals surface area contributed by atoms with Crippen molar-refractivity contribution in [2.45, 2.75) is 6.92 Å². The third-order valence-electron chi connectivity index (χ3n) is 1.03. The molecular weight excluding hydrogens is 150 g/mol. The molecule has 0 aliphatic heterocycles. The minimum absolute atomic E-state index is 0.160. The second kappa shape index (κ2) is 3.05. The van der Waals surface area contributed by atoms with E-state index in [0.717, 1.165) is 6.26 Å². The van der Waals surface area contributed by atoms with Gasteiger partial charge in [-0.1, -0.05) is 0 Å².